The summed E-state index contributed by atoms with van der Waals surface area (Å²) in [6.07, 6.45) is 4.08. The van der Waals surface area contributed by atoms with E-state index in [2.05, 4.69) is 22.6 Å². The van der Waals surface area contributed by atoms with Crippen LogP contribution in [-0.2, 0) is 11.3 Å². The standard InChI is InChI=1S/C17H29N3O2S/c1-13(18-10-14-11-23-12-19-14)9-15-7-5-6-8-20(15)16(21)22-17(2,3)4/h11-13,15,18H,5-10H2,1-4H3. The lowest BCUT2D eigenvalue weighted by Gasteiger charge is -2.38. The first kappa shape index (κ1) is 18.2. The van der Waals surface area contributed by atoms with Crippen molar-refractivity contribution < 1.29 is 9.53 Å². The minimum Gasteiger partial charge on any atom is -0.444 e. The summed E-state index contributed by atoms with van der Waals surface area (Å²) < 4.78 is 5.57. The van der Waals surface area contributed by atoms with E-state index in [4.69, 9.17) is 4.74 Å². The Hall–Kier alpha value is -1.14. The van der Waals surface area contributed by atoms with Crippen LogP contribution in [0.5, 0.6) is 0 Å². The number of piperidine rings is 1. The molecule has 2 unspecified atom stereocenters. The molecule has 23 heavy (non-hydrogen) atoms. The zero-order chi connectivity index (χ0) is 16.9. The van der Waals surface area contributed by atoms with Crippen molar-refractivity contribution in [2.75, 3.05) is 6.54 Å². The number of nitrogens with one attached hydrogen (secondary N) is 1. The highest BCUT2D eigenvalue weighted by atomic mass is 32.1. The molecule has 2 heterocycles. The molecule has 1 aliphatic rings. The number of likely N-dealkylation sites (tertiary alicyclic amines) is 1. The van der Waals surface area contributed by atoms with Gasteiger partial charge in [0.1, 0.15) is 5.60 Å². The minimum atomic E-state index is -0.437. The summed E-state index contributed by atoms with van der Waals surface area (Å²) in [5.74, 6) is 0. The average Bonchev–Trinajstić information content (AvgIpc) is 2.97. The number of carbonyl (C=O) groups excluding carboxylic acids is 1. The molecular weight excluding hydrogens is 310 g/mol. The van der Waals surface area contributed by atoms with Crippen LogP contribution in [0.3, 0.4) is 0 Å². The Labute approximate surface area is 143 Å². The Morgan fingerprint density at radius 3 is 2.96 bits per heavy atom. The van der Waals surface area contributed by atoms with Crippen molar-refractivity contribution in [1.29, 1.82) is 0 Å². The number of nitrogens with zero attached hydrogens (tertiary/aromatic N) is 2. The van der Waals surface area contributed by atoms with Crippen molar-refractivity contribution in [3.05, 3.63) is 16.6 Å². The molecule has 1 fully saturated rings. The van der Waals surface area contributed by atoms with E-state index in [9.17, 15) is 4.79 Å². The van der Waals surface area contributed by atoms with Crippen LogP contribution in [0.25, 0.3) is 0 Å². The molecule has 2 rings (SSSR count). The second kappa shape index (κ2) is 8.11. The van der Waals surface area contributed by atoms with Crippen molar-refractivity contribution >= 4 is 17.4 Å². The van der Waals surface area contributed by atoms with Gasteiger partial charge in [0.05, 0.1) is 11.2 Å². The molecule has 0 bridgehead atoms. The smallest absolute Gasteiger partial charge is 0.410 e. The Morgan fingerprint density at radius 2 is 2.30 bits per heavy atom. The quantitative estimate of drug-likeness (QED) is 0.886. The molecule has 130 valence electrons. The maximum atomic E-state index is 12.4. The largest absolute Gasteiger partial charge is 0.444 e. The molecule has 6 heteroatoms. The fourth-order valence-corrected chi connectivity index (χ4v) is 3.46. The van der Waals surface area contributed by atoms with Gasteiger partial charge in [0.15, 0.2) is 0 Å². The van der Waals surface area contributed by atoms with Gasteiger partial charge in [0.25, 0.3) is 0 Å². The maximum Gasteiger partial charge on any atom is 0.410 e. The molecular formula is C17H29N3O2S. The van der Waals surface area contributed by atoms with Crippen LogP contribution < -0.4 is 5.32 Å². The lowest BCUT2D eigenvalue weighted by molar-refractivity contribution is 0.00788. The average molecular weight is 340 g/mol. The summed E-state index contributed by atoms with van der Waals surface area (Å²) in [4.78, 5) is 18.6. The van der Waals surface area contributed by atoms with Gasteiger partial charge in [-0.2, -0.15) is 0 Å². The van der Waals surface area contributed by atoms with Gasteiger partial charge in [-0.25, -0.2) is 9.78 Å². The topological polar surface area (TPSA) is 54.5 Å². The minimum absolute atomic E-state index is 0.172. The summed E-state index contributed by atoms with van der Waals surface area (Å²) >= 11 is 1.62. The third-order valence-electron chi connectivity index (χ3n) is 4.00. The fourth-order valence-electron chi connectivity index (χ4n) is 2.90. The van der Waals surface area contributed by atoms with E-state index in [0.717, 1.165) is 38.0 Å². The van der Waals surface area contributed by atoms with Gasteiger partial charge in [0, 0.05) is 30.6 Å². The highest BCUT2D eigenvalue weighted by Crippen LogP contribution is 2.23. The highest BCUT2D eigenvalue weighted by molar-refractivity contribution is 7.07. The van der Waals surface area contributed by atoms with E-state index >= 15 is 0 Å². The number of ether oxygens (including phenoxy) is 1. The molecule has 1 N–H and O–H groups in total. The third kappa shape index (κ3) is 6.11. The fraction of sp³-hybridized carbons (Fsp3) is 0.765. The summed E-state index contributed by atoms with van der Waals surface area (Å²) in [6, 6.07) is 0.598. The molecule has 0 aromatic carbocycles. The summed E-state index contributed by atoms with van der Waals surface area (Å²) in [5, 5.41) is 5.57. The summed E-state index contributed by atoms with van der Waals surface area (Å²) in [7, 11) is 0. The predicted octanol–water partition coefficient (Wildman–Crippen LogP) is 3.80. The van der Waals surface area contributed by atoms with Crippen molar-refractivity contribution in [2.45, 2.75) is 77.6 Å². The number of hydrogen-bond acceptors (Lipinski definition) is 5. The zero-order valence-electron chi connectivity index (χ0n) is 14.7. The van der Waals surface area contributed by atoms with Crippen molar-refractivity contribution in [2.24, 2.45) is 0 Å². The van der Waals surface area contributed by atoms with E-state index in [-0.39, 0.29) is 12.1 Å². The van der Waals surface area contributed by atoms with Gasteiger partial charge in [-0.3, -0.25) is 0 Å². The summed E-state index contributed by atoms with van der Waals surface area (Å²) in [5.41, 5.74) is 2.50. The lowest BCUT2D eigenvalue weighted by Crippen LogP contribution is -2.48. The molecule has 1 aromatic heterocycles. The van der Waals surface area contributed by atoms with Crippen LogP contribution in [0.1, 0.15) is 59.1 Å². The van der Waals surface area contributed by atoms with E-state index in [1.54, 1.807) is 11.3 Å². The summed E-state index contributed by atoms with van der Waals surface area (Å²) in [6.45, 7) is 9.52. The molecule has 2 atom stereocenters. The Bertz CT molecular complexity index is 485. The number of aromatic nitrogens is 1. The SMILES string of the molecule is CC(CC1CCCCN1C(=O)OC(C)(C)C)NCc1cscn1. The van der Waals surface area contributed by atoms with E-state index in [1.165, 1.54) is 6.42 Å². The molecule has 1 aromatic rings. The first-order chi connectivity index (χ1) is 10.8. The number of rotatable bonds is 5. The highest BCUT2D eigenvalue weighted by Gasteiger charge is 2.31. The molecule has 0 aliphatic carbocycles. The first-order valence-electron chi connectivity index (χ1n) is 8.45. The molecule has 1 aliphatic heterocycles. The molecule has 5 nitrogen and oxygen atoms in total. The van der Waals surface area contributed by atoms with E-state index < -0.39 is 5.60 Å². The Balaban J connectivity index is 1.86. The monoisotopic (exact) mass is 339 g/mol. The van der Waals surface area contributed by atoms with Crippen LogP contribution in [0, 0.1) is 0 Å². The normalized spacial score (nSPS) is 20.3. The van der Waals surface area contributed by atoms with E-state index in [0.29, 0.717) is 6.04 Å². The van der Waals surface area contributed by atoms with Gasteiger partial charge in [-0.1, -0.05) is 0 Å². The molecule has 0 radical (unpaired) electrons. The van der Waals surface area contributed by atoms with Crippen molar-refractivity contribution in [1.82, 2.24) is 15.2 Å². The number of hydrogen-bond donors (Lipinski definition) is 1. The second-order valence-electron chi connectivity index (χ2n) is 7.32. The van der Waals surface area contributed by atoms with Gasteiger partial charge in [-0.05, 0) is 53.4 Å². The lowest BCUT2D eigenvalue weighted by atomic mass is 9.96. The van der Waals surface area contributed by atoms with Crippen molar-refractivity contribution in [3.8, 4) is 0 Å². The van der Waals surface area contributed by atoms with Gasteiger partial charge < -0.3 is 15.0 Å². The zero-order valence-corrected chi connectivity index (χ0v) is 15.5. The number of amides is 1. The molecule has 0 saturated carbocycles. The van der Waals surface area contributed by atoms with Crippen LogP contribution in [0.15, 0.2) is 10.9 Å². The van der Waals surface area contributed by atoms with Gasteiger partial charge in [0.2, 0.25) is 0 Å². The van der Waals surface area contributed by atoms with Crippen LogP contribution in [-0.4, -0.2) is 40.2 Å². The van der Waals surface area contributed by atoms with Crippen LogP contribution in [0.2, 0.25) is 0 Å². The van der Waals surface area contributed by atoms with Crippen LogP contribution in [0.4, 0.5) is 4.79 Å². The van der Waals surface area contributed by atoms with Crippen molar-refractivity contribution in [3.63, 3.8) is 0 Å². The van der Waals surface area contributed by atoms with Gasteiger partial charge in [-0.15, -0.1) is 11.3 Å². The van der Waals surface area contributed by atoms with Gasteiger partial charge >= 0.3 is 6.09 Å². The number of thiazole rings is 1. The predicted molar refractivity (Wildman–Crippen MR) is 93.6 cm³/mol. The number of carbonyl (C=O) groups is 1. The first-order valence-corrected chi connectivity index (χ1v) is 9.39. The Kier molecular flexibility index (Phi) is 6.41. The molecule has 1 amide bonds. The molecule has 0 spiro atoms. The Morgan fingerprint density at radius 1 is 1.52 bits per heavy atom. The van der Waals surface area contributed by atoms with E-state index in [1.807, 2.05) is 31.2 Å². The molecule has 1 saturated heterocycles. The third-order valence-corrected chi connectivity index (χ3v) is 4.63. The van der Waals surface area contributed by atoms with Crippen LogP contribution >= 0.6 is 11.3 Å². The maximum absolute atomic E-state index is 12.4. The second-order valence-corrected chi connectivity index (χ2v) is 8.04.